The molecule has 1 aromatic carbocycles. The maximum Gasteiger partial charge on any atom is 0.317 e. The highest BCUT2D eigenvalue weighted by Crippen LogP contribution is 2.43. The van der Waals surface area contributed by atoms with Gasteiger partial charge >= 0.3 is 6.03 Å². The van der Waals surface area contributed by atoms with Crippen molar-refractivity contribution >= 4 is 6.03 Å². The highest BCUT2D eigenvalue weighted by atomic mass is 16.5. The van der Waals surface area contributed by atoms with E-state index < -0.39 is 5.60 Å². The number of carbonyl (C=O) groups is 1. The molecule has 3 atom stereocenters. The second kappa shape index (κ2) is 14.9. The summed E-state index contributed by atoms with van der Waals surface area (Å²) in [7, 11) is 3.62. The largest absolute Gasteiger partial charge is 0.493 e. The molecule has 3 N–H and O–H groups in total. The molecule has 7 nitrogen and oxygen atoms in total. The number of carbonyl (C=O) groups excluding carboxylic acids is 1. The van der Waals surface area contributed by atoms with Crippen LogP contribution < -0.4 is 15.4 Å². The van der Waals surface area contributed by atoms with Gasteiger partial charge in [0.25, 0.3) is 0 Å². The van der Waals surface area contributed by atoms with Gasteiger partial charge in [0.1, 0.15) is 5.75 Å². The van der Waals surface area contributed by atoms with Gasteiger partial charge in [-0.2, -0.15) is 0 Å². The maximum absolute atomic E-state index is 13.3. The second-order valence-electron chi connectivity index (χ2n) is 12.3. The van der Waals surface area contributed by atoms with Crippen molar-refractivity contribution < 1.29 is 19.4 Å². The third-order valence-corrected chi connectivity index (χ3v) is 7.09. The number of hydrogen-bond donors (Lipinski definition) is 3. The Morgan fingerprint density at radius 3 is 2.59 bits per heavy atom. The van der Waals surface area contributed by atoms with Crippen LogP contribution in [-0.4, -0.2) is 69.1 Å². The quantitative estimate of drug-likeness (QED) is 0.295. The Labute approximate surface area is 225 Å². The van der Waals surface area contributed by atoms with Crippen LogP contribution in [0.25, 0.3) is 0 Å². The average molecular weight is 520 g/mol. The number of nitrogens with zero attached hydrogens (tertiary/aromatic N) is 1. The van der Waals surface area contributed by atoms with E-state index >= 15 is 0 Å². The number of ether oxygens (including phenoxy) is 2. The fourth-order valence-electron chi connectivity index (χ4n) is 5.27. The zero-order valence-electron chi connectivity index (χ0n) is 24.4. The number of nitrogens with one attached hydrogen (secondary N) is 2. The molecule has 0 saturated carbocycles. The number of rotatable bonds is 14. The molecule has 2 rings (SSSR count). The number of aliphatic hydroxyl groups is 1. The van der Waals surface area contributed by atoms with Crippen LogP contribution in [-0.2, 0) is 10.3 Å². The van der Waals surface area contributed by atoms with Gasteiger partial charge in [0.15, 0.2) is 0 Å². The van der Waals surface area contributed by atoms with Gasteiger partial charge in [0.05, 0.1) is 12.2 Å². The molecule has 1 fully saturated rings. The minimum atomic E-state index is -1.09. The predicted octanol–water partition coefficient (Wildman–Crippen LogP) is 5.17. The third-order valence-electron chi connectivity index (χ3n) is 7.09. The summed E-state index contributed by atoms with van der Waals surface area (Å²) in [6.45, 7) is 14.0. The number of benzene rings is 1. The lowest BCUT2D eigenvalue weighted by Crippen LogP contribution is -2.54. The van der Waals surface area contributed by atoms with Crippen molar-refractivity contribution in [2.75, 3.05) is 47.0 Å². The van der Waals surface area contributed by atoms with Crippen molar-refractivity contribution in [1.82, 2.24) is 15.5 Å². The molecule has 2 amide bonds. The molecule has 0 aliphatic carbocycles. The van der Waals surface area contributed by atoms with Crippen LogP contribution in [0.5, 0.6) is 5.75 Å². The Morgan fingerprint density at radius 2 is 1.95 bits per heavy atom. The Kier molecular flexibility index (Phi) is 12.7. The summed E-state index contributed by atoms with van der Waals surface area (Å²) in [6, 6.07) is 7.94. The summed E-state index contributed by atoms with van der Waals surface area (Å²) in [6.07, 6.45) is 4.96. The Morgan fingerprint density at radius 1 is 1.22 bits per heavy atom. The first-order valence-electron chi connectivity index (χ1n) is 14.1. The number of methoxy groups -OCH3 is 1. The van der Waals surface area contributed by atoms with E-state index in [0.717, 1.165) is 50.0 Å². The zero-order valence-corrected chi connectivity index (χ0v) is 24.4. The third kappa shape index (κ3) is 10.1. The minimum absolute atomic E-state index is 0.00327. The number of unbranched alkanes of at least 4 members (excludes halogenated alkanes) is 1. The van der Waals surface area contributed by atoms with E-state index in [9.17, 15) is 9.90 Å². The summed E-state index contributed by atoms with van der Waals surface area (Å²) in [5, 5.41) is 18.9. The number of amides is 2. The van der Waals surface area contributed by atoms with Crippen LogP contribution in [0.4, 0.5) is 4.79 Å². The van der Waals surface area contributed by atoms with Crippen molar-refractivity contribution in [2.24, 2.45) is 17.3 Å². The first-order valence-corrected chi connectivity index (χ1v) is 14.1. The number of para-hydroxylation sites is 1. The van der Waals surface area contributed by atoms with E-state index in [2.05, 4.69) is 45.3 Å². The maximum atomic E-state index is 13.3. The average Bonchev–Trinajstić information content (AvgIpc) is 2.85. The summed E-state index contributed by atoms with van der Waals surface area (Å²) in [5.74, 6) is 1.15. The molecule has 212 valence electrons. The molecule has 1 aliphatic heterocycles. The van der Waals surface area contributed by atoms with Crippen LogP contribution in [0.2, 0.25) is 0 Å². The van der Waals surface area contributed by atoms with Crippen molar-refractivity contribution in [3.8, 4) is 5.75 Å². The van der Waals surface area contributed by atoms with Crippen LogP contribution in [0, 0.1) is 17.3 Å². The molecule has 7 heteroatoms. The molecule has 1 aromatic rings. The highest BCUT2D eigenvalue weighted by Gasteiger charge is 2.43. The lowest BCUT2D eigenvalue weighted by molar-refractivity contribution is -0.0583. The Hall–Kier alpha value is -1.83. The smallest absolute Gasteiger partial charge is 0.317 e. The highest BCUT2D eigenvalue weighted by molar-refractivity contribution is 5.74. The van der Waals surface area contributed by atoms with Crippen molar-refractivity contribution in [1.29, 1.82) is 0 Å². The van der Waals surface area contributed by atoms with Crippen molar-refractivity contribution in [3.05, 3.63) is 29.8 Å². The molecule has 0 radical (unpaired) electrons. The summed E-state index contributed by atoms with van der Waals surface area (Å²) >= 11 is 0. The van der Waals surface area contributed by atoms with Crippen LogP contribution in [0.15, 0.2) is 24.3 Å². The molecule has 1 aliphatic rings. The molecule has 37 heavy (non-hydrogen) atoms. The predicted molar refractivity (Wildman–Crippen MR) is 151 cm³/mol. The first kappa shape index (κ1) is 31.4. The van der Waals surface area contributed by atoms with Gasteiger partial charge in [0.2, 0.25) is 0 Å². The molecule has 2 unspecified atom stereocenters. The molecule has 1 heterocycles. The van der Waals surface area contributed by atoms with Gasteiger partial charge in [-0.15, -0.1) is 0 Å². The van der Waals surface area contributed by atoms with E-state index in [0.29, 0.717) is 38.6 Å². The van der Waals surface area contributed by atoms with E-state index in [1.165, 1.54) is 0 Å². The monoisotopic (exact) mass is 519 g/mol. The van der Waals surface area contributed by atoms with E-state index in [1.807, 2.05) is 36.2 Å². The summed E-state index contributed by atoms with van der Waals surface area (Å²) < 4.78 is 11.5. The van der Waals surface area contributed by atoms with Crippen LogP contribution in [0.1, 0.15) is 78.7 Å². The lowest BCUT2D eigenvalue weighted by Gasteiger charge is -2.43. The van der Waals surface area contributed by atoms with Crippen molar-refractivity contribution in [2.45, 2.75) is 84.8 Å². The minimum Gasteiger partial charge on any atom is -0.493 e. The molecule has 1 saturated heterocycles. The molecular formula is C30H53N3O4. The topological polar surface area (TPSA) is 83.1 Å². The lowest BCUT2D eigenvalue weighted by atomic mass is 9.73. The van der Waals surface area contributed by atoms with E-state index in [-0.39, 0.29) is 23.4 Å². The van der Waals surface area contributed by atoms with E-state index in [1.54, 1.807) is 7.11 Å². The number of hydrogen-bond acceptors (Lipinski definition) is 5. The van der Waals surface area contributed by atoms with Gasteiger partial charge in [0, 0.05) is 50.9 Å². The summed E-state index contributed by atoms with van der Waals surface area (Å²) in [5.41, 5.74) is -0.260. The fourth-order valence-corrected chi connectivity index (χ4v) is 5.27. The molecular weight excluding hydrogens is 466 g/mol. The number of piperidine rings is 1. The fraction of sp³-hybridized carbons (Fsp3) is 0.767. The second-order valence-corrected chi connectivity index (χ2v) is 12.3. The normalized spacial score (nSPS) is 18.9. The van der Waals surface area contributed by atoms with Gasteiger partial charge in [-0.05, 0) is 63.0 Å². The first-order chi connectivity index (χ1) is 17.5. The molecule has 0 spiro atoms. The van der Waals surface area contributed by atoms with Gasteiger partial charge in [-0.25, -0.2) is 4.79 Å². The Bertz CT molecular complexity index is 810. The zero-order chi connectivity index (χ0) is 27.5. The molecule has 0 aromatic heterocycles. The summed E-state index contributed by atoms with van der Waals surface area (Å²) in [4.78, 5) is 15.2. The van der Waals surface area contributed by atoms with Gasteiger partial charge in [-0.1, -0.05) is 52.8 Å². The molecule has 0 bridgehead atoms. The number of likely N-dealkylation sites (N-methyl/N-ethyl adjacent to an activating group) is 1. The van der Waals surface area contributed by atoms with Gasteiger partial charge < -0.3 is 30.1 Å². The number of urea groups is 1. The van der Waals surface area contributed by atoms with E-state index in [4.69, 9.17) is 9.47 Å². The number of likely N-dealkylation sites (tertiary alicyclic amines) is 1. The standard InChI is InChI=1S/C30H53N3O4/c1-23(2)19-25(20-31-6)32-28(34)33-17-12-13-24(21-33)30(35,16-10-11-18-36-7)26-14-8-9-15-27(26)37-22-29(3,4)5/h8-9,14-15,23-25,31,35H,10-13,16-22H2,1-7H3,(H,32,34)/t24-,25?,30?/m1/s1. The van der Waals surface area contributed by atoms with Crippen LogP contribution in [0.3, 0.4) is 0 Å². The van der Waals surface area contributed by atoms with Crippen molar-refractivity contribution in [3.63, 3.8) is 0 Å². The van der Waals surface area contributed by atoms with Gasteiger partial charge in [-0.3, -0.25) is 0 Å². The SMILES string of the molecule is CNCC(CC(C)C)NC(=O)N1CCC[C@@H](C(O)(CCCCOC)c2ccccc2OCC(C)(C)C)C1. The Balaban J connectivity index is 2.28. The van der Waals surface area contributed by atoms with Crippen LogP contribution >= 0.6 is 0 Å².